The maximum absolute atomic E-state index is 13.2. The Labute approximate surface area is 145 Å². The third-order valence-electron chi connectivity index (χ3n) is 3.53. The van der Waals surface area contributed by atoms with E-state index >= 15 is 0 Å². The summed E-state index contributed by atoms with van der Waals surface area (Å²) >= 11 is 5.69. The van der Waals surface area contributed by atoms with Crippen LogP contribution in [0.5, 0.6) is 0 Å². The molecule has 1 N–H and O–H groups in total. The Balaban J connectivity index is 2.16. The van der Waals surface area contributed by atoms with Crippen LogP contribution in [0.3, 0.4) is 0 Å². The zero-order valence-electron chi connectivity index (χ0n) is 13.7. The second-order valence-corrected chi connectivity index (χ2v) is 5.98. The SMILES string of the molecule is CC(=O)N(CC(=O)Nc1ccc(F)c(Cl)c1)c1ccc(C)cc1C. The van der Waals surface area contributed by atoms with Crippen LogP contribution in [0.2, 0.25) is 5.02 Å². The minimum atomic E-state index is -0.560. The number of nitrogens with one attached hydrogen (secondary N) is 1. The third-order valence-corrected chi connectivity index (χ3v) is 3.82. The highest BCUT2D eigenvalue weighted by Gasteiger charge is 2.18. The van der Waals surface area contributed by atoms with E-state index in [2.05, 4.69) is 5.32 Å². The number of carbonyl (C=O) groups is 2. The van der Waals surface area contributed by atoms with Crippen LogP contribution in [-0.2, 0) is 9.59 Å². The number of aryl methyl sites for hydroxylation is 2. The fourth-order valence-electron chi connectivity index (χ4n) is 2.39. The van der Waals surface area contributed by atoms with Crippen molar-refractivity contribution in [3.8, 4) is 0 Å². The molecule has 0 saturated carbocycles. The van der Waals surface area contributed by atoms with E-state index in [0.717, 1.165) is 11.1 Å². The van der Waals surface area contributed by atoms with E-state index in [1.807, 2.05) is 32.0 Å². The molecule has 0 fully saturated rings. The maximum Gasteiger partial charge on any atom is 0.244 e. The minimum Gasteiger partial charge on any atom is -0.324 e. The van der Waals surface area contributed by atoms with Crippen molar-refractivity contribution in [1.82, 2.24) is 0 Å². The standard InChI is InChI=1S/C18H18ClFN2O2/c1-11-4-7-17(12(2)8-11)22(13(3)23)10-18(24)21-14-5-6-16(20)15(19)9-14/h4-9H,10H2,1-3H3,(H,21,24). The van der Waals surface area contributed by atoms with Gasteiger partial charge in [-0.15, -0.1) is 0 Å². The van der Waals surface area contributed by atoms with Gasteiger partial charge in [-0.3, -0.25) is 9.59 Å². The summed E-state index contributed by atoms with van der Waals surface area (Å²) < 4.78 is 13.2. The number of halogens is 2. The smallest absolute Gasteiger partial charge is 0.244 e. The molecule has 0 radical (unpaired) electrons. The molecule has 2 aromatic rings. The van der Waals surface area contributed by atoms with Crippen molar-refractivity contribution < 1.29 is 14.0 Å². The summed E-state index contributed by atoms with van der Waals surface area (Å²) in [5.74, 6) is -1.20. The molecule has 0 heterocycles. The van der Waals surface area contributed by atoms with Crippen LogP contribution >= 0.6 is 11.6 Å². The van der Waals surface area contributed by atoms with Gasteiger partial charge in [-0.1, -0.05) is 29.3 Å². The normalized spacial score (nSPS) is 10.4. The molecule has 0 aliphatic heterocycles. The Bertz CT molecular complexity index is 793. The van der Waals surface area contributed by atoms with Gasteiger partial charge in [-0.2, -0.15) is 0 Å². The van der Waals surface area contributed by atoms with Crippen LogP contribution in [0, 0.1) is 19.7 Å². The Morgan fingerprint density at radius 3 is 2.46 bits per heavy atom. The first-order valence-corrected chi connectivity index (χ1v) is 7.76. The average molecular weight is 349 g/mol. The molecule has 0 atom stereocenters. The summed E-state index contributed by atoms with van der Waals surface area (Å²) in [6, 6.07) is 9.55. The first-order valence-electron chi connectivity index (χ1n) is 7.38. The molecule has 0 aromatic heterocycles. The lowest BCUT2D eigenvalue weighted by atomic mass is 10.1. The molecule has 0 aliphatic carbocycles. The van der Waals surface area contributed by atoms with Gasteiger partial charge in [0, 0.05) is 18.3 Å². The van der Waals surface area contributed by atoms with Gasteiger partial charge in [0.15, 0.2) is 0 Å². The highest BCUT2D eigenvalue weighted by molar-refractivity contribution is 6.31. The van der Waals surface area contributed by atoms with Gasteiger partial charge in [0.1, 0.15) is 12.4 Å². The van der Waals surface area contributed by atoms with Crippen LogP contribution in [0.25, 0.3) is 0 Å². The Morgan fingerprint density at radius 2 is 1.88 bits per heavy atom. The largest absolute Gasteiger partial charge is 0.324 e. The number of benzene rings is 2. The van der Waals surface area contributed by atoms with Gasteiger partial charge in [-0.05, 0) is 43.7 Å². The average Bonchev–Trinajstić information content (AvgIpc) is 2.49. The van der Waals surface area contributed by atoms with E-state index in [0.29, 0.717) is 11.4 Å². The van der Waals surface area contributed by atoms with Crippen LogP contribution in [0.4, 0.5) is 15.8 Å². The summed E-state index contributed by atoms with van der Waals surface area (Å²) in [7, 11) is 0. The summed E-state index contributed by atoms with van der Waals surface area (Å²) in [5.41, 5.74) is 3.03. The van der Waals surface area contributed by atoms with Crippen LogP contribution in [0.1, 0.15) is 18.1 Å². The molecule has 24 heavy (non-hydrogen) atoms. The van der Waals surface area contributed by atoms with E-state index in [4.69, 9.17) is 11.6 Å². The van der Waals surface area contributed by atoms with Gasteiger partial charge >= 0.3 is 0 Å². The van der Waals surface area contributed by atoms with Crippen molar-refractivity contribution in [3.63, 3.8) is 0 Å². The second kappa shape index (κ2) is 7.45. The maximum atomic E-state index is 13.2. The van der Waals surface area contributed by atoms with Crippen LogP contribution in [0.15, 0.2) is 36.4 Å². The van der Waals surface area contributed by atoms with E-state index < -0.39 is 11.7 Å². The zero-order valence-corrected chi connectivity index (χ0v) is 14.4. The van der Waals surface area contributed by atoms with Crippen LogP contribution < -0.4 is 10.2 Å². The monoisotopic (exact) mass is 348 g/mol. The first kappa shape index (κ1) is 17.9. The molecule has 0 spiro atoms. The quantitative estimate of drug-likeness (QED) is 0.904. The van der Waals surface area contributed by atoms with Gasteiger partial charge in [0.2, 0.25) is 11.8 Å². The fraction of sp³-hybridized carbons (Fsp3) is 0.222. The summed E-state index contributed by atoms with van der Waals surface area (Å²) in [6.07, 6.45) is 0. The van der Waals surface area contributed by atoms with Crippen molar-refractivity contribution in [2.45, 2.75) is 20.8 Å². The van der Waals surface area contributed by atoms with Crippen molar-refractivity contribution in [2.75, 3.05) is 16.8 Å². The molecule has 0 saturated heterocycles. The molecule has 126 valence electrons. The number of amides is 2. The van der Waals surface area contributed by atoms with Crippen LogP contribution in [-0.4, -0.2) is 18.4 Å². The molecule has 2 aromatic carbocycles. The van der Waals surface area contributed by atoms with E-state index in [1.54, 1.807) is 0 Å². The van der Waals surface area contributed by atoms with E-state index in [9.17, 15) is 14.0 Å². The molecule has 4 nitrogen and oxygen atoms in total. The number of rotatable bonds is 4. The fourth-order valence-corrected chi connectivity index (χ4v) is 2.57. The number of nitrogens with zero attached hydrogens (tertiary/aromatic N) is 1. The number of carbonyl (C=O) groups excluding carboxylic acids is 2. The Hall–Kier alpha value is -2.40. The topological polar surface area (TPSA) is 49.4 Å². The third kappa shape index (κ3) is 4.32. The Kier molecular flexibility index (Phi) is 5.57. The molecule has 0 bridgehead atoms. The molecular formula is C18H18ClFN2O2. The number of hydrogen-bond donors (Lipinski definition) is 1. The highest BCUT2D eigenvalue weighted by Crippen LogP contribution is 2.22. The summed E-state index contributed by atoms with van der Waals surface area (Å²) in [4.78, 5) is 25.6. The lowest BCUT2D eigenvalue weighted by molar-refractivity contribution is -0.120. The molecule has 2 rings (SSSR count). The lowest BCUT2D eigenvalue weighted by Crippen LogP contribution is -2.37. The molecule has 6 heteroatoms. The van der Waals surface area contributed by atoms with Crippen molar-refractivity contribution in [1.29, 1.82) is 0 Å². The number of anilines is 2. The Morgan fingerprint density at radius 1 is 1.17 bits per heavy atom. The van der Waals surface area contributed by atoms with Gasteiger partial charge in [-0.25, -0.2) is 4.39 Å². The minimum absolute atomic E-state index is 0.0781. The van der Waals surface area contributed by atoms with Crippen molar-refractivity contribution in [2.24, 2.45) is 0 Å². The summed E-state index contributed by atoms with van der Waals surface area (Å²) in [6.45, 7) is 5.10. The van der Waals surface area contributed by atoms with Crippen molar-refractivity contribution >= 4 is 34.8 Å². The van der Waals surface area contributed by atoms with Crippen molar-refractivity contribution in [3.05, 3.63) is 58.4 Å². The van der Waals surface area contributed by atoms with E-state index in [-0.39, 0.29) is 17.5 Å². The van der Waals surface area contributed by atoms with Gasteiger partial charge < -0.3 is 10.2 Å². The zero-order chi connectivity index (χ0) is 17.9. The predicted molar refractivity (Wildman–Crippen MR) is 94.0 cm³/mol. The second-order valence-electron chi connectivity index (χ2n) is 5.57. The van der Waals surface area contributed by atoms with Gasteiger partial charge in [0.25, 0.3) is 0 Å². The number of hydrogen-bond acceptors (Lipinski definition) is 2. The molecular weight excluding hydrogens is 331 g/mol. The summed E-state index contributed by atoms with van der Waals surface area (Å²) in [5, 5.41) is 2.53. The highest BCUT2D eigenvalue weighted by atomic mass is 35.5. The molecule has 2 amide bonds. The first-order chi connectivity index (χ1) is 11.3. The predicted octanol–water partition coefficient (Wildman–Crippen LogP) is 4.09. The molecule has 0 aliphatic rings. The lowest BCUT2D eigenvalue weighted by Gasteiger charge is -2.23. The van der Waals surface area contributed by atoms with Gasteiger partial charge in [0.05, 0.1) is 5.02 Å². The molecule has 0 unspecified atom stereocenters. The van der Waals surface area contributed by atoms with E-state index in [1.165, 1.54) is 30.0 Å².